The van der Waals surface area contributed by atoms with E-state index in [0.29, 0.717) is 18.2 Å². The molecule has 6 rings (SSSR count). The summed E-state index contributed by atoms with van der Waals surface area (Å²) < 4.78 is 0. The van der Waals surface area contributed by atoms with Crippen LogP contribution in [0, 0.1) is 37.5 Å². The van der Waals surface area contributed by atoms with Crippen molar-refractivity contribution in [2.45, 2.75) is 70.8 Å². The maximum absolute atomic E-state index is 13.2. The van der Waals surface area contributed by atoms with Crippen molar-refractivity contribution in [1.29, 1.82) is 0 Å². The Bertz CT molecular complexity index is 780. The molecule has 2 N–H and O–H groups in total. The molecule has 2 heterocycles. The van der Waals surface area contributed by atoms with Gasteiger partial charge in [-0.15, -0.1) is 11.3 Å². The van der Waals surface area contributed by atoms with E-state index >= 15 is 0 Å². The van der Waals surface area contributed by atoms with E-state index in [4.69, 9.17) is 0 Å². The van der Waals surface area contributed by atoms with Gasteiger partial charge in [-0.25, -0.2) is 4.98 Å². The molecule has 0 aromatic carbocycles. The molecule has 5 aliphatic rings. The second-order valence-corrected chi connectivity index (χ2v) is 11.7. The number of nitrogens with zero attached hydrogens (tertiary/aromatic N) is 2. The van der Waals surface area contributed by atoms with E-state index in [9.17, 15) is 9.59 Å². The van der Waals surface area contributed by atoms with Gasteiger partial charge in [-0.2, -0.15) is 0 Å². The van der Waals surface area contributed by atoms with Gasteiger partial charge in [0.15, 0.2) is 5.13 Å². The summed E-state index contributed by atoms with van der Waals surface area (Å²) >= 11 is 1.52. The number of piperidine rings is 1. The van der Waals surface area contributed by atoms with Crippen LogP contribution in [0.2, 0.25) is 0 Å². The van der Waals surface area contributed by atoms with Crippen molar-refractivity contribution < 1.29 is 9.59 Å². The van der Waals surface area contributed by atoms with Crippen LogP contribution in [0.5, 0.6) is 0 Å². The molecule has 1 aromatic rings. The summed E-state index contributed by atoms with van der Waals surface area (Å²) in [7, 11) is 0. The first-order valence-corrected chi connectivity index (χ1v) is 12.5. The van der Waals surface area contributed by atoms with Crippen LogP contribution in [-0.2, 0) is 9.59 Å². The second-order valence-electron chi connectivity index (χ2n) is 10.5. The van der Waals surface area contributed by atoms with Crippen molar-refractivity contribution in [1.82, 2.24) is 15.2 Å². The summed E-state index contributed by atoms with van der Waals surface area (Å²) in [5.74, 6) is 2.70. The number of thiazole rings is 1. The van der Waals surface area contributed by atoms with Crippen LogP contribution in [0.25, 0.3) is 0 Å². The Morgan fingerprint density at radius 2 is 1.80 bits per heavy atom. The summed E-state index contributed by atoms with van der Waals surface area (Å²) in [4.78, 5) is 33.3. The van der Waals surface area contributed by atoms with Gasteiger partial charge in [0.25, 0.3) is 0 Å². The standard InChI is InChI=1S/C23H34N4O2S/c1-14-15(2)30-22(24-14)25-20(28)13-27-5-3-4-19(12-27)21(29)26-23-9-16-6-17(10-23)8-18(7-16)11-23/h16-19H,3-13H2,1-2H3,(H,26,29)(H,24,25,28). The first kappa shape index (κ1) is 20.4. The summed E-state index contributed by atoms with van der Waals surface area (Å²) in [6, 6.07) is 0. The van der Waals surface area contributed by atoms with Crippen molar-refractivity contribution in [3.8, 4) is 0 Å². The molecule has 0 spiro atoms. The van der Waals surface area contributed by atoms with E-state index < -0.39 is 0 Å². The minimum atomic E-state index is -0.0362. The zero-order valence-corrected chi connectivity index (χ0v) is 19.0. The van der Waals surface area contributed by atoms with E-state index in [0.717, 1.165) is 47.7 Å². The molecular weight excluding hydrogens is 396 g/mol. The number of carbonyl (C=O) groups excluding carboxylic acids is 2. The maximum atomic E-state index is 13.2. The monoisotopic (exact) mass is 430 g/mol. The largest absolute Gasteiger partial charge is 0.350 e. The van der Waals surface area contributed by atoms with Crippen molar-refractivity contribution in [2.75, 3.05) is 25.0 Å². The Labute approximate surface area is 183 Å². The van der Waals surface area contributed by atoms with E-state index in [1.165, 1.54) is 49.9 Å². The summed E-state index contributed by atoms with van der Waals surface area (Å²) in [5, 5.41) is 7.14. The number of rotatable bonds is 5. The zero-order valence-electron chi connectivity index (χ0n) is 18.2. The topological polar surface area (TPSA) is 74.3 Å². The molecule has 1 aromatic heterocycles. The summed E-state index contributed by atoms with van der Waals surface area (Å²) in [6.45, 7) is 5.87. The lowest BCUT2D eigenvalue weighted by Crippen LogP contribution is -2.61. The van der Waals surface area contributed by atoms with Gasteiger partial charge in [0.05, 0.1) is 18.2 Å². The molecule has 0 radical (unpaired) electrons. The van der Waals surface area contributed by atoms with Gasteiger partial charge in [-0.05, 0) is 89.5 Å². The Balaban J connectivity index is 1.15. The molecule has 5 fully saturated rings. The van der Waals surface area contributed by atoms with Gasteiger partial charge in [-0.3, -0.25) is 14.5 Å². The average Bonchev–Trinajstić information content (AvgIpc) is 2.97. The van der Waals surface area contributed by atoms with Crippen LogP contribution < -0.4 is 10.6 Å². The molecule has 2 amide bonds. The number of nitrogens with one attached hydrogen (secondary N) is 2. The number of aromatic nitrogens is 1. The number of aryl methyl sites for hydroxylation is 2. The molecule has 30 heavy (non-hydrogen) atoms. The van der Waals surface area contributed by atoms with Crippen molar-refractivity contribution in [3.05, 3.63) is 10.6 Å². The zero-order chi connectivity index (χ0) is 20.9. The van der Waals surface area contributed by atoms with Crippen LogP contribution in [0.15, 0.2) is 0 Å². The molecule has 1 aliphatic heterocycles. The third-order valence-electron chi connectivity index (χ3n) is 7.94. The van der Waals surface area contributed by atoms with E-state index in [-0.39, 0.29) is 23.3 Å². The molecule has 1 atom stereocenters. The van der Waals surface area contributed by atoms with E-state index in [2.05, 4.69) is 20.5 Å². The Hall–Kier alpha value is -1.47. The van der Waals surface area contributed by atoms with Crippen LogP contribution in [0.4, 0.5) is 5.13 Å². The molecule has 6 nitrogen and oxygen atoms in total. The second kappa shape index (κ2) is 7.90. The van der Waals surface area contributed by atoms with Crippen LogP contribution in [0.3, 0.4) is 0 Å². The summed E-state index contributed by atoms with van der Waals surface area (Å²) in [5.41, 5.74) is 1.04. The predicted molar refractivity (Wildman–Crippen MR) is 118 cm³/mol. The van der Waals surface area contributed by atoms with Gasteiger partial charge < -0.3 is 10.6 Å². The quantitative estimate of drug-likeness (QED) is 0.750. The Kier molecular flexibility index (Phi) is 5.38. The smallest absolute Gasteiger partial charge is 0.240 e. The fraction of sp³-hybridized carbons (Fsp3) is 0.783. The van der Waals surface area contributed by atoms with Crippen molar-refractivity contribution >= 4 is 28.3 Å². The molecule has 4 aliphatic carbocycles. The normalized spacial score (nSPS) is 35.4. The molecule has 4 saturated carbocycles. The molecule has 4 bridgehead atoms. The predicted octanol–water partition coefficient (Wildman–Crippen LogP) is 3.50. The van der Waals surface area contributed by atoms with Gasteiger partial charge in [0, 0.05) is 17.0 Å². The highest BCUT2D eigenvalue weighted by molar-refractivity contribution is 7.15. The van der Waals surface area contributed by atoms with Gasteiger partial charge >= 0.3 is 0 Å². The first-order chi connectivity index (χ1) is 14.4. The van der Waals surface area contributed by atoms with Crippen LogP contribution in [0.1, 0.15) is 61.9 Å². The Morgan fingerprint density at radius 3 is 2.40 bits per heavy atom. The number of anilines is 1. The molecule has 1 unspecified atom stereocenters. The average molecular weight is 431 g/mol. The van der Waals surface area contributed by atoms with Gasteiger partial charge in [0.1, 0.15) is 0 Å². The lowest BCUT2D eigenvalue weighted by Gasteiger charge is -2.57. The number of carbonyl (C=O) groups is 2. The van der Waals surface area contributed by atoms with Gasteiger partial charge in [-0.1, -0.05) is 0 Å². The number of likely N-dealkylation sites (tertiary alicyclic amines) is 1. The molecule has 164 valence electrons. The highest BCUT2D eigenvalue weighted by atomic mass is 32.1. The van der Waals surface area contributed by atoms with Crippen LogP contribution in [-0.4, -0.2) is 46.9 Å². The highest BCUT2D eigenvalue weighted by Gasteiger charge is 2.51. The third kappa shape index (κ3) is 4.15. The molecule has 7 heteroatoms. The maximum Gasteiger partial charge on any atom is 0.240 e. The van der Waals surface area contributed by atoms with Crippen LogP contribution >= 0.6 is 11.3 Å². The fourth-order valence-electron chi connectivity index (χ4n) is 6.93. The summed E-state index contributed by atoms with van der Waals surface area (Å²) in [6.07, 6.45) is 9.64. The van der Waals surface area contributed by atoms with Gasteiger partial charge in [0.2, 0.25) is 11.8 Å². The third-order valence-corrected chi connectivity index (χ3v) is 8.93. The SMILES string of the molecule is Cc1nc(NC(=O)CN2CCCC(C(=O)NC34CC5CC(CC(C5)C3)C4)C2)sc1C. The number of amides is 2. The first-order valence-electron chi connectivity index (χ1n) is 11.7. The minimum Gasteiger partial charge on any atom is -0.350 e. The lowest BCUT2D eigenvalue weighted by atomic mass is 9.53. The molecule has 1 saturated heterocycles. The van der Waals surface area contributed by atoms with Crippen molar-refractivity contribution in [2.24, 2.45) is 23.7 Å². The fourth-order valence-corrected chi connectivity index (χ4v) is 7.76. The highest BCUT2D eigenvalue weighted by Crippen LogP contribution is 2.55. The molecular formula is C23H34N4O2S. The minimum absolute atomic E-state index is 0.00362. The van der Waals surface area contributed by atoms with E-state index in [1.807, 2.05) is 13.8 Å². The van der Waals surface area contributed by atoms with E-state index in [1.54, 1.807) is 0 Å². The van der Waals surface area contributed by atoms with Crippen molar-refractivity contribution in [3.63, 3.8) is 0 Å². The number of hydrogen-bond donors (Lipinski definition) is 2. The lowest BCUT2D eigenvalue weighted by molar-refractivity contribution is -0.133. The Morgan fingerprint density at radius 1 is 1.13 bits per heavy atom. The number of hydrogen-bond acceptors (Lipinski definition) is 5.